The molecule has 1 unspecified atom stereocenters. The van der Waals surface area contributed by atoms with Crippen LogP contribution in [0, 0.1) is 0 Å². The highest BCUT2D eigenvalue weighted by Crippen LogP contribution is 2.36. The lowest BCUT2D eigenvalue weighted by atomic mass is 10.00. The van der Waals surface area contributed by atoms with E-state index in [0.29, 0.717) is 12.2 Å². The molecule has 1 aromatic rings. The van der Waals surface area contributed by atoms with E-state index in [2.05, 4.69) is 0 Å². The maximum atomic E-state index is 12.6. The van der Waals surface area contributed by atoms with E-state index in [0.717, 1.165) is 25.0 Å². The lowest BCUT2D eigenvalue weighted by Gasteiger charge is -2.14. The lowest BCUT2D eigenvalue weighted by Crippen LogP contribution is -2.14. The number of carbonyl (C=O) groups excluding carboxylic acids is 1. The third-order valence-corrected chi connectivity index (χ3v) is 3.21. The fourth-order valence-corrected chi connectivity index (χ4v) is 1.90. The van der Waals surface area contributed by atoms with Crippen molar-refractivity contribution in [1.82, 2.24) is 0 Å². The number of benzene rings is 1. The summed E-state index contributed by atoms with van der Waals surface area (Å²) in [5.74, 6) is -1.11. The number of rotatable bonds is 5. The van der Waals surface area contributed by atoms with E-state index in [9.17, 15) is 18.0 Å². The Morgan fingerprint density at radius 2 is 2.05 bits per heavy atom. The highest BCUT2D eigenvalue weighted by Gasteiger charge is 2.33. The first kappa shape index (κ1) is 16.8. The molecule has 0 N–H and O–H groups in total. The van der Waals surface area contributed by atoms with Gasteiger partial charge in [0.25, 0.3) is 0 Å². The van der Waals surface area contributed by atoms with Gasteiger partial charge in [0, 0.05) is 0 Å². The Balaban J connectivity index is 2.82. The Kier molecular flexibility index (Phi) is 5.87. The number of unbranched alkanes of at least 4 members (excludes halogenated alkanes) is 1. The van der Waals surface area contributed by atoms with Gasteiger partial charge in [-0.2, -0.15) is 13.2 Å². The summed E-state index contributed by atoms with van der Waals surface area (Å²) in [7, 11) is 0. The molecule has 0 heterocycles. The van der Waals surface area contributed by atoms with Gasteiger partial charge >= 0.3 is 12.1 Å². The third-order valence-electron chi connectivity index (χ3n) is 2.89. The average molecular weight is 309 g/mol. The molecule has 1 aromatic carbocycles. The van der Waals surface area contributed by atoms with Crippen LogP contribution in [0.3, 0.4) is 0 Å². The number of halogens is 4. The van der Waals surface area contributed by atoms with Crippen molar-refractivity contribution in [3.63, 3.8) is 0 Å². The Hall–Kier alpha value is -1.23. The zero-order chi connectivity index (χ0) is 15.3. The smallest absolute Gasteiger partial charge is 0.417 e. The van der Waals surface area contributed by atoms with Gasteiger partial charge in [-0.15, -0.1) is 0 Å². The van der Waals surface area contributed by atoms with E-state index in [4.69, 9.17) is 16.3 Å². The van der Waals surface area contributed by atoms with Gasteiger partial charge in [-0.05, 0) is 31.0 Å². The van der Waals surface area contributed by atoms with Crippen LogP contribution < -0.4 is 0 Å². The summed E-state index contributed by atoms with van der Waals surface area (Å²) < 4.78 is 42.7. The number of carbonyl (C=O) groups is 1. The average Bonchev–Trinajstić information content (AvgIpc) is 2.36. The summed E-state index contributed by atoms with van der Waals surface area (Å²) in [5.41, 5.74) is -0.501. The fraction of sp³-hybridized carbons (Fsp3) is 0.500. The van der Waals surface area contributed by atoms with E-state index in [1.165, 1.54) is 6.07 Å². The standard InChI is InChI=1S/C14H16ClF3O2/c1-3-4-7-20-13(19)9(2)10-5-6-11(12(15)8-10)14(16,17)18/h5-6,8-9H,3-4,7H2,1-2H3. The van der Waals surface area contributed by atoms with Crippen molar-refractivity contribution in [1.29, 1.82) is 0 Å². The molecule has 0 aliphatic carbocycles. The lowest BCUT2D eigenvalue weighted by molar-refractivity contribution is -0.145. The van der Waals surface area contributed by atoms with Crippen molar-refractivity contribution >= 4 is 17.6 Å². The highest BCUT2D eigenvalue weighted by atomic mass is 35.5. The van der Waals surface area contributed by atoms with E-state index in [1.54, 1.807) is 6.92 Å². The van der Waals surface area contributed by atoms with Crippen LogP contribution in [0.2, 0.25) is 5.02 Å². The predicted octanol–water partition coefficient (Wildman–Crippen LogP) is 4.81. The molecule has 0 saturated carbocycles. The van der Waals surface area contributed by atoms with Crippen LogP contribution in [-0.2, 0) is 15.7 Å². The Morgan fingerprint density at radius 1 is 1.40 bits per heavy atom. The molecule has 0 bridgehead atoms. The summed E-state index contributed by atoms with van der Waals surface area (Å²) in [4.78, 5) is 11.7. The molecule has 2 nitrogen and oxygen atoms in total. The van der Waals surface area contributed by atoms with Crippen molar-refractivity contribution in [3.05, 3.63) is 34.3 Å². The minimum atomic E-state index is -4.50. The number of hydrogen-bond acceptors (Lipinski definition) is 2. The maximum Gasteiger partial charge on any atom is 0.417 e. The zero-order valence-electron chi connectivity index (χ0n) is 11.3. The van der Waals surface area contributed by atoms with E-state index in [-0.39, 0.29) is 0 Å². The summed E-state index contributed by atoms with van der Waals surface area (Å²) in [6.07, 6.45) is -2.85. The molecular formula is C14H16ClF3O2. The highest BCUT2D eigenvalue weighted by molar-refractivity contribution is 6.31. The maximum absolute atomic E-state index is 12.6. The first-order chi connectivity index (χ1) is 9.27. The third kappa shape index (κ3) is 4.40. The molecule has 6 heteroatoms. The van der Waals surface area contributed by atoms with E-state index < -0.39 is 28.6 Å². The Labute approximate surface area is 120 Å². The first-order valence-corrected chi connectivity index (χ1v) is 6.68. The molecule has 0 aliphatic rings. The van der Waals surface area contributed by atoms with Crippen LogP contribution in [0.15, 0.2) is 18.2 Å². The second-order valence-electron chi connectivity index (χ2n) is 4.48. The number of ether oxygens (including phenoxy) is 1. The Morgan fingerprint density at radius 3 is 2.55 bits per heavy atom. The largest absolute Gasteiger partial charge is 0.465 e. The topological polar surface area (TPSA) is 26.3 Å². The van der Waals surface area contributed by atoms with Crippen molar-refractivity contribution in [2.24, 2.45) is 0 Å². The summed E-state index contributed by atoms with van der Waals surface area (Å²) in [5, 5.41) is -0.414. The molecule has 112 valence electrons. The SMILES string of the molecule is CCCCOC(=O)C(C)c1ccc(C(F)(F)F)c(Cl)c1. The molecular weight excluding hydrogens is 293 g/mol. The Bertz CT molecular complexity index is 472. The van der Waals surface area contributed by atoms with Gasteiger partial charge in [0.15, 0.2) is 0 Å². The van der Waals surface area contributed by atoms with Gasteiger partial charge < -0.3 is 4.74 Å². The zero-order valence-corrected chi connectivity index (χ0v) is 12.0. The minimum absolute atomic E-state index is 0.314. The molecule has 0 aromatic heterocycles. The van der Waals surface area contributed by atoms with Gasteiger partial charge in [0.2, 0.25) is 0 Å². The van der Waals surface area contributed by atoms with Crippen LogP contribution >= 0.6 is 11.6 Å². The van der Waals surface area contributed by atoms with Gasteiger partial charge in [-0.3, -0.25) is 4.79 Å². The summed E-state index contributed by atoms with van der Waals surface area (Å²) in [6.45, 7) is 3.86. The minimum Gasteiger partial charge on any atom is -0.465 e. The molecule has 20 heavy (non-hydrogen) atoms. The van der Waals surface area contributed by atoms with Crippen LogP contribution in [-0.4, -0.2) is 12.6 Å². The molecule has 0 fully saturated rings. The van der Waals surface area contributed by atoms with Gasteiger partial charge in [-0.25, -0.2) is 0 Å². The van der Waals surface area contributed by atoms with E-state index >= 15 is 0 Å². The van der Waals surface area contributed by atoms with Gasteiger partial charge in [-0.1, -0.05) is 31.0 Å². The monoisotopic (exact) mass is 308 g/mol. The van der Waals surface area contributed by atoms with Crippen molar-refractivity contribution in [2.45, 2.75) is 38.8 Å². The number of esters is 1. The summed E-state index contributed by atoms with van der Waals surface area (Å²) >= 11 is 5.62. The van der Waals surface area contributed by atoms with Gasteiger partial charge in [0.05, 0.1) is 23.1 Å². The predicted molar refractivity (Wildman–Crippen MR) is 70.7 cm³/mol. The number of alkyl halides is 3. The summed E-state index contributed by atoms with van der Waals surface area (Å²) in [6, 6.07) is 3.30. The van der Waals surface area contributed by atoms with Crippen LogP contribution in [0.1, 0.15) is 43.7 Å². The van der Waals surface area contributed by atoms with Gasteiger partial charge in [0.1, 0.15) is 0 Å². The van der Waals surface area contributed by atoms with Crippen molar-refractivity contribution in [2.75, 3.05) is 6.61 Å². The van der Waals surface area contributed by atoms with Crippen LogP contribution in [0.5, 0.6) is 0 Å². The van der Waals surface area contributed by atoms with Crippen LogP contribution in [0.4, 0.5) is 13.2 Å². The fourth-order valence-electron chi connectivity index (χ4n) is 1.61. The quantitative estimate of drug-likeness (QED) is 0.576. The first-order valence-electron chi connectivity index (χ1n) is 6.30. The molecule has 1 atom stereocenters. The molecule has 1 rings (SSSR count). The van der Waals surface area contributed by atoms with Crippen molar-refractivity contribution < 1.29 is 22.7 Å². The number of hydrogen-bond donors (Lipinski definition) is 0. The second kappa shape index (κ2) is 6.97. The second-order valence-corrected chi connectivity index (χ2v) is 4.89. The van der Waals surface area contributed by atoms with E-state index in [1.807, 2.05) is 6.92 Å². The van der Waals surface area contributed by atoms with Crippen molar-refractivity contribution in [3.8, 4) is 0 Å². The van der Waals surface area contributed by atoms with Crippen LogP contribution in [0.25, 0.3) is 0 Å². The normalized spacial score (nSPS) is 13.1. The molecule has 0 saturated heterocycles. The molecule has 0 spiro atoms. The molecule has 0 aliphatic heterocycles. The molecule has 0 radical (unpaired) electrons. The molecule has 0 amide bonds.